The molecule has 3 aromatic heterocycles. The number of halogens is 6. The van der Waals surface area contributed by atoms with Crippen LogP contribution in [0.4, 0.5) is 32.2 Å². The van der Waals surface area contributed by atoms with E-state index in [1.807, 2.05) is 0 Å². The van der Waals surface area contributed by atoms with Crippen LogP contribution in [0.3, 0.4) is 0 Å². The number of rotatable bonds is 2. The summed E-state index contributed by atoms with van der Waals surface area (Å²) < 4.78 is 85.1. The average molecular weight is 412 g/mol. The zero-order valence-electron chi connectivity index (χ0n) is 14.2. The Hall–Kier alpha value is -3.50. The van der Waals surface area contributed by atoms with Crippen LogP contribution >= 0.6 is 0 Å². The molecule has 2 N–H and O–H groups in total. The first kappa shape index (κ1) is 18.8. The molecule has 0 radical (unpaired) electrons. The molecular weight excluding hydrogens is 402 g/mol. The summed E-state index contributed by atoms with van der Waals surface area (Å²) in [4.78, 5) is 4.18. The molecule has 0 saturated heterocycles. The molecule has 0 bridgehead atoms. The van der Waals surface area contributed by atoms with E-state index < -0.39 is 23.5 Å². The van der Waals surface area contributed by atoms with E-state index in [9.17, 15) is 26.3 Å². The van der Waals surface area contributed by atoms with E-state index in [0.29, 0.717) is 17.9 Å². The normalized spacial score (nSPS) is 12.6. The van der Waals surface area contributed by atoms with Crippen molar-refractivity contribution >= 4 is 11.5 Å². The van der Waals surface area contributed by atoms with Gasteiger partial charge in [-0.3, -0.25) is 0 Å². The van der Waals surface area contributed by atoms with E-state index in [-0.39, 0.29) is 34.5 Å². The van der Waals surface area contributed by atoms with Crippen LogP contribution in [-0.4, -0.2) is 14.6 Å². The summed E-state index contributed by atoms with van der Waals surface area (Å²) in [5, 5.41) is 4.13. The van der Waals surface area contributed by atoms with Crippen LogP contribution in [-0.2, 0) is 12.4 Å². The number of nitrogens with two attached hydrogens (primary N) is 1. The summed E-state index contributed by atoms with van der Waals surface area (Å²) in [5.74, 6) is 0.473. The number of benzene rings is 1. The van der Waals surface area contributed by atoms with Gasteiger partial charge in [0, 0.05) is 0 Å². The van der Waals surface area contributed by atoms with Crippen molar-refractivity contribution in [2.24, 2.45) is 0 Å². The molecule has 0 amide bonds. The van der Waals surface area contributed by atoms with E-state index >= 15 is 0 Å². The van der Waals surface area contributed by atoms with Gasteiger partial charge in [0.25, 0.3) is 0 Å². The van der Waals surface area contributed by atoms with Gasteiger partial charge in [-0.15, -0.1) is 5.10 Å². The number of fused-ring (bicyclic) bond motifs is 1. The molecule has 3 heterocycles. The number of nitrogen functional groups attached to an aromatic ring is 1. The van der Waals surface area contributed by atoms with Crippen molar-refractivity contribution in [3.8, 4) is 22.7 Å². The summed E-state index contributed by atoms with van der Waals surface area (Å²) in [7, 11) is 0. The molecule has 0 fully saturated rings. The number of aromatic nitrogens is 3. The molecule has 150 valence electrons. The van der Waals surface area contributed by atoms with Gasteiger partial charge in [-0.25, -0.2) is 4.98 Å². The van der Waals surface area contributed by atoms with Crippen molar-refractivity contribution in [2.45, 2.75) is 12.4 Å². The first-order chi connectivity index (χ1) is 13.5. The number of nitrogens with zero attached hydrogens (tertiary/aromatic N) is 3. The fourth-order valence-corrected chi connectivity index (χ4v) is 2.81. The monoisotopic (exact) mass is 412 g/mol. The molecule has 0 spiro atoms. The minimum atomic E-state index is -4.95. The second-order valence-electron chi connectivity index (χ2n) is 6.15. The highest BCUT2D eigenvalue weighted by Gasteiger charge is 2.37. The van der Waals surface area contributed by atoms with E-state index in [1.165, 1.54) is 22.9 Å². The number of hydrogen-bond acceptors (Lipinski definition) is 4. The predicted molar refractivity (Wildman–Crippen MR) is 90.5 cm³/mol. The maximum absolute atomic E-state index is 13.1. The standard InChI is InChI=1S/C18H10F6N4O/c19-17(20,21)11-4-9(5-12(8-11)18(22,23)24)10-6-14(25)28-15(7-10)26-16(27-28)13-2-1-3-29-13/h1-8H,25H2. The van der Waals surface area contributed by atoms with Crippen molar-refractivity contribution in [2.75, 3.05) is 5.73 Å². The number of hydrogen-bond donors (Lipinski definition) is 1. The van der Waals surface area contributed by atoms with Crippen molar-refractivity contribution in [3.05, 3.63) is 59.9 Å². The highest BCUT2D eigenvalue weighted by molar-refractivity contribution is 5.73. The number of pyridine rings is 1. The molecule has 0 atom stereocenters. The van der Waals surface area contributed by atoms with Gasteiger partial charge in [0.15, 0.2) is 11.4 Å². The number of anilines is 1. The molecule has 0 aliphatic heterocycles. The minimum Gasteiger partial charge on any atom is -0.461 e. The number of alkyl halides is 6. The van der Waals surface area contributed by atoms with Crippen molar-refractivity contribution in [1.29, 1.82) is 0 Å². The highest BCUT2D eigenvalue weighted by atomic mass is 19.4. The number of furan rings is 1. The smallest absolute Gasteiger partial charge is 0.416 e. The molecule has 11 heteroatoms. The Kier molecular flexibility index (Phi) is 4.07. The molecule has 4 aromatic rings. The van der Waals surface area contributed by atoms with E-state index in [1.54, 1.807) is 12.1 Å². The lowest BCUT2D eigenvalue weighted by atomic mass is 9.99. The zero-order valence-corrected chi connectivity index (χ0v) is 14.2. The minimum absolute atomic E-state index is 0.0197. The topological polar surface area (TPSA) is 69.3 Å². The summed E-state index contributed by atoms with van der Waals surface area (Å²) >= 11 is 0. The first-order valence-corrected chi connectivity index (χ1v) is 8.02. The largest absolute Gasteiger partial charge is 0.461 e. The Morgan fingerprint density at radius 2 is 1.48 bits per heavy atom. The summed E-state index contributed by atoms with van der Waals surface area (Å²) in [6.07, 6.45) is -8.50. The molecule has 0 aliphatic carbocycles. The zero-order chi connectivity index (χ0) is 21.0. The Labute approximate surface area is 158 Å². The lowest BCUT2D eigenvalue weighted by molar-refractivity contribution is -0.143. The average Bonchev–Trinajstić information content (AvgIpc) is 3.29. The first-order valence-electron chi connectivity index (χ1n) is 8.02. The quantitative estimate of drug-likeness (QED) is 0.455. The fourth-order valence-electron chi connectivity index (χ4n) is 2.81. The Morgan fingerprint density at radius 1 is 0.862 bits per heavy atom. The Bertz CT molecular complexity index is 1160. The fraction of sp³-hybridized carbons (Fsp3) is 0.111. The van der Waals surface area contributed by atoms with Crippen LogP contribution in [0.2, 0.25) is 0 Å². The van der Waals surface area contributed by atoms with Crippen LogP contribution < -0.4 is 5.73 Å². The Balaban J connectivity index is 1.90. The van der Waals surface area contributed by atoms with Crippen molar-refractivity contribution in [1.82, 2.24) is 14.6 Å². The van der Waals surface area contributed by atoms with Gasteiger partial charge < -0.3 is 10.2 Å². The van der Waals surface area contributed by atoms with E-state index in [2.05, 4.69) is 10.1 Å². The van der Waals surface area contributed by atoms with Gasteiger partial charge in [-0.05, 0) is 53.6 Å². The van der Waals surface area contributed by atoms with Gasteiger partial charge >= 0.3 is 12.4 Å². The third-order valence-electron chi connectivity index (χ3n) is 4.13. The van der Waals surface area contributed by atoms with Crippen LogP contribution in [0.1, 0.15) is 11.1 Å². The van der Waals surface area contributed by atoms with E-state index in [4.69, 9.17) is 10.2 Å². The van der Waals surface area contributed by atoms with Crippen LogP contribution in [0.15, 0.2) is 53.1 Å². The lowest BCUT2D eigenvalue weighted by Crippen LogP contribution is -2.11. The van der Waals surface area contributed by atoms with Crippen LogP contribution in [0.5, 0.6) is 0 Å². The van der Waals surface area contributed by atoms with Crippen molar-refractivity contribution in [3.63, 3.8) is 0 Å². The van der Waals surface area contributed by atoms with Gasteiger partial charge in [0.05, 0.1) is 17.4 Å². The summed E-state index contributed by atoms with van der Waals surface area (Å²) in [6.45, 7) is 0. The molecule has 29 heavy (non-hydrogen) atoms. The third-order valence-corrected chi connectivity index (χ3v) is 4.13. The van der Waals surface area contributed by atoms with Gasteiger partial charge in [-0.2, -0.15) is 30.9 Å². The third kappa shape index (κ3) is 3.50. The maximum atomic E-state index is 13.1. The maximum Gasteiger partial charge on any atom is 0.416 e. The predicted octanol–water partition coefficient (Wildman–Crippen LogP) is 5.28. The molecule has 4 rings (SSSR count). The van der Waals surface area contributed by atoms with Gasteiger partial charge in [-0.1, -0.05) is 0 Å². The molecule has 0 unspecified atom stereocenters. The molecule has 0 aliphatic rings. The molecule has 5 nitrogen and oxygen atoms in total. The van der Waals surface area contributed by atoms with Crippen LogP contribution in [0.25, 0.3) is 28.4 Å². The summed E-state index contributed by atoms with van der Waals surface area (Å²) in [5.41, 5.74) is 2.93. The van der Waals surface area contributed by atoms with Crippen molar-refractivity contribution < 1.29 is 30.8 Å². The molecular formula is C18H10F6N4O. The lowest BCUT2D eigenvalue weighted by Gasteiger charge is -2.14. The van der Waals surface area contributed by atoms with E-state index in [0.717, 1.165) is 0 Å². The Morgan fingerprint density at radius 3 is 2.03 bits per heavy atom. The van der Waals surface area contributed by atoms with Gasteiger partial charge in [0.1, 0.15) is 5.82 Å². The van der Waals surface area contributed by atoms with Crippen LogP contribution in [0, 0.1) is 0 Å². The second kappa shape index (κ2) is 6.26. The molecule has 1 aromatic carbocycles. The SMILES string of the molecule is Nc1cc(-c2cc(C(F)(F)F)cc(C(F)(F)F)c2)cc2nc(-c3ccco3)nn12. The second-order valence-corrected chi connectivity index (χ2v) is 6.15. The summed E-state index contributed by atoms with van der Waals surface area (Å²) in [6, 6.07) is 7.05. The van der Waals surface area contributed by atoms with Gasteiger partial charge in [0.2, 0.25) is 5.82 Å². The molecule has 0 saturated carbocycles. The highest BCUT2D eigenvalue weighted by Crippen LogP contribution is 2.39.